The van der Waals surface area contributed by atoms with Crippen LogP contribution in [-0.4, -0.2) is 38.6 Å². The van der Waals surface area contributed by atoms with Gasteiger partial charge < -0.3 is 20.4 Å². The number of imidazole rings is 1. The van der Waals surface area contributed by atoms with Crippen molar-refractivity contribution in [3.05, 3.63) is 78.1 Å². The van der Waals surface area contributed by atoms with Gasteiger partial charge in [-0.15, -0.1) is 0 Å². The smallest absolute Gasteiger partial charge is 0.408 e. The lowest BCUT2D eigenvalue weighted by Crippen LogP contribution is -2.47. The maximum Gasteiger partial charge on any atom is 0.408 e. The minimum atomic E-state index is -0.933. The number of alkyl carbamates (subject to hydrolysis) is 1. The highest BCUT2D eigenvalue weighted by molar-refractivity contribution is 5.98. The van der Waals surface area contributed by atoms with Crippen molar-refractivity contribution >= 4 is 28.7 Å². The zero-order valence-corrected chi connectivity index (χ0v) is 20.2. The van der Waals surface area contributed by atoms with E-state index in [1.165, 1.54) is 0 Å². The van der Waals surface area contributed by atoms with E-state index < -0.39 is 23.6 Å². The quantitative estimate of drug-likeness (QED) is 0.369. The van der Waals surface area contributed by atoms with Crippen LogP contribution < -0.4 is 10.6 Å². The number of carbonyl (C=O) groups excluding carboxylic acids is 2. The number of rotatable bonds is 6. The summed E-state index contributed by atoms with van der Waals surface area (Å²) in [6.45, 7) is 5.24. The second kappa shape index (κ2) is 10.3. The molecule has 3 N–H and O–H groups in total. The molecule has 2 heterocycles. The summed E-state index contributed by atoms with van der Waals surface area (Å²) in [4.78, 5) is 37.7. The lowest BCUT2D eigenvalue weighted by atomic mass is 10.0. The van der Waals surface area contributed by atoms with E-state index in [9.17, 15) is 14.9 Å². The van der Waals surface area contributed by atoms with Crippen LogP contribution in [0.3, 0.4) is 0 Å². The number of anilines is 1. The molecule has 182 valence electrons. The largest absolute Gasteiger partial charge is 0.444 e. The Kier molecular flexibility index (Phi) is 6.97. The third-order valence-corrected chi connectivity index (χ3v) is 5.19. The van der Waals surface area contributed by atoms with Crippen LogP contribution in [0.1, 0.15) is 31.9 Å². The number of nitriles is 1. The van der Waals surface area contributed by atoms with Gasteiger partial charge in [0.2, 0.25) is 5.91 Å². The van der Waals surface area contributed by atoms with Gasteiger partial charge in [0.1, 0.15) is 17.5 Å². The van der Waals surface area contributed by atoms with Gasteiger partial charge in [-0.2, -0.15) is 5.26 Å². The van der Waals surface area contributed by atoms with Gasteiger partial charge in [-0.25, -0.2) is 9.78 Å². The first-order valence-corrected chi connectivity index (χ1v) is 11.4. The van der Waals surface area contributed by atoms with Gasteiger partial charge in [0.05, 0.1) is 22.7 Å². The standard InChI is InChI=1S/C27H26N6O3/c1-27(2,3)36-26(35)33-23(13-17-6-4-7-18(12-17)15-28)25(34)30-20-9-10-21-22(14-20)32-24(31-21)19-8-5-11-29-16-19/h4-12,14,16,23H,13H2,1-3H3,(H,30,34)(H,31,32)(H,33,35). The summed E-state index contributed by atoms with van der Waals surface area (Å²) in [7, 11) is 0. The third kappa shape index (κ3) is 6.24. The number of nitrogens with one attached hydrogen (secondary N) is 3. The van der Waals surface area contributed by atoms with Gasteiger partial charge in [-0.3, -0.25) is 9.78 Å². The van der Waals surface area contributed by atoms with Crippen LogP contribution in [0.25, 0.3) is 22.4 Å². The van der Waals surface area contributed by atoms with E-state index in [-0.39, 0.29) is 6.42 Å². The van der Waals surface area contributed by atoms with Crippen LogP contribution in [0.2, 0.25) is 0 Å². The molecule has 4 aromatic rings. The summed E-state index contributed by atoms with van der Waals surface area (Å²) in [5, 5.41) is 14.7. The molecular weight excluding hydrogens is 456 g/mol. The molecule has 0 fully saturated rings. The van der Waals surface area contributed by atoms with Gasteiger partial charge in [-0.05, 0) is 68.8 Å². The van der Waals surface area contributed by atoms with Crippen molar-refractivity contribution in [3.8, 4) is 17.5 Å². The first kappa shape index (κ1) is 24.4. The van der Waals surface area contributed by atoms with E-state index in [0.717, 1.165) is 22.2 Å². The Morgan fingerprint density at radius 2 is 1.97 bits per heavy atom. The van der Waals surface area contributed by atoms with Crippen molar-refractivity contribution in [2.75, 3.05) is 5.32 Å². The normalized spacial score (nSPS) is 11.9. The first-order valence-electron chi connectivity index (χ1n) is 11.4. The van der Waals surface area contributed by atoms with Crippen molar-refractivity contribution in [1.29, 1.82) is 5.26 Å². The van der Waals surface area contributed by atoms with Crippen LogP contribution >= 0.6 is 0 Å². The molecule has 0 spiro atoms. The van der Waals surface area contributed by atoms with E-state index in [4.69, 9.17) is 4.74 Å². The minimum Gasteiger partial charge on any atom is -0.444 e. The molecule has 2 aromatic carbocycles. The fourth-order valence-corrected chi connectivity index (χ4v) is 3.62. The molecule has 0 aliphatic heterocycles. The van der Waals surface area contributed by atoms with Gasteiger partial charge in [0.15, 0.2) is 0 Å². The number of aromatic amines is 1. The van der Waals surface area contributed by atoms with Crippen LogP contribution in [-0.2, 0) is 16.0 Å². The van der Waals surface area contributed by atoms with Crippen LogP contribution in [0, 0.1) is 11.3 Å². The number of H-pyrrole nitrogens is 1. The number of hydrogen-bond acceptors (Lipinski definition) is 6. The minimum absolute atomic E-state index is 0.179. The fourth-order valence-electron chi connectivity index (χ4n) is 3.62. The maximum atomic E-state index is 13.3. The number of benzene rings is 2. The van der Waals surface area contributed by atoms with Gasteiger partial charge >= 0.3 is 6.09 Å². The van der Waals surface area contributed by atoms with Gasteiger partial charge in [0, 0.05) is 30.1 Å². The number of aromatic nitrogens is 3. The molecule has 0 aliphatic rings. The molecule has 2 aromatic heterocycles. The van der Waals surface area contributed by atoms with Crippen LogP contribution in [0.5, 0.6) is 0 Å². The van der Waals surface area contributed by atoms with Crippen molar-refractivity contribution in [2.45, 2.75) is 38.8 Å². The molecule has 1 unspecified atom stereocenters. The van der Waals surface area contributed by atoms with E-state index >= 15 is 0 Å². The van der Waals surface area contributed by atoms with E-state index in [1.54, 1.807) is 75.6 Å². The summed E-state index contributed by atoms with van der Waals surface area (Å²) in [6, 6.07) is 17.1. The molecule has 4 rings (SSSR count). The lowest BCUT2D eigenvalue weighted by Gasteiger charge is -2.23. The molecule has 9 heteroatoms. The Morgan fingerprint density at radius 1 is 1.14 bits per heavy atom. The first-order chi connectivity index (χ1) is 17.2. The Labute approximate surface area is 208 Å². The highest BCUT2D eigenvalue weighted by Gasteiger charge is 2.25. The highest BCUT2D eigenvalue weighted by Crippen LogP contribution is 2.22. The average Bonchev–Trinajstić information content (AvgIpc) is 3.27. The predicted octanol–water partition coefficient (Wildman–Crippen LogP) is 4.57. The van der Waals surface area contributed by atoms with Crippen LogP contribution in [0.15, 0.2) is 67.0 Å². The topological polar surface area (TPSA) is 133 Å². The number of hydrogen-bond donors (Lipinski definition) is 3. The Hall–Kier alpha value is -4.71. The number of carbonyl (C=O) groups is 2. The van der Waals surface area contributed by atoms with Crippen molar-refractivity contribution in [1.82, 2.24) is 20.3 Å². The summed E-state index contributed by atoms with van der Waals surface area (Å²) in [5.74, 6) is 0.248. The number of fused-ring (bicyclic) bond motifs is 1. The van der Waals surface area contributed by atoms with Crippen molar-refractivity contribution < 1.29 is 14.3 Å². The highest BCUT2D eigenvalue weighted by atomic mass is 16.6. The predicted molar refractivity (Wildman–Crippen MR) is 136 cm³/mol. The second-order valence-electron chi connectivity index (χ2n) is 9.26. The van der Waals surface area contributed by atoms with E-state index in [1.807, 2.05) is 12.1 Å². The van der Waals surface area contributed by atoms with Gasteiger partial charge in [0.25, 0.3) is 0 Å². The van der Waals surface area contributed by atoms with E-state index in [2.05, 4.69) is 31.7 Å². The third-order valence-electron chi connectivity index (χ3n) is 5.19. The zero-order chi connectivity index (χ0) is 25.7. The number of nitrogens with zero attached hydrogens (tertiary/aromatic N) is 3. The summed E-state index contributed by atoms with van der Waals surface area (Å²) in [6.07, 6.45) is 2.88. The summed E-state index contributed by atoms with van der Waals surface area (Å²) < 4.78 is 5.35. The lowest BCUT2D eigenvalue weighted by molar-refractivity contribution is -0.118. The fraction of sp³-hybridized carbons (Fsp3) is 0.222. The van der Waals surface area contributed by atoms with E-state index in [0.29, 0.717) is 17.1 Å². The number of ether oxygens (including phenoxy) is 1. The molecule has 0 aliphatic carbocycles. The van der Waals surface area contributed by atoms with Crippen molar-refractivity contribution in [3.63, 3.8) is 0 Å². The Bertz CT molecular complexity index is 1430. The maximum absolute atomic E-state index is 13.3. The van der Waals surface area contributed by atoms with Gasteiger partial charge in [-0.1, -0.05) is 12.1 Å². The average molecular weight is 483 g/mol. The molecule has 36 heavy (non-hydrogen) atoms. The number of pyridine rings is 1. The number of amides is 2. The molecule has 0 saturated carbocycles. The molecule has 2 amide bonds. The molecule has 1 atom stereocenters. The molecular formula is C27H26N6O3. The molecule has 0 saturated heterocycles. The molecule has 9 nitrogen and oxygen atoms in total. The molecule has 0 bridgehead atoms. The SMILES string of the molecule is CC(C)(C)OC(=O)NC(Cc1cccc(C#N)c1)C(=O)Nc1ccc2nc(-c3cccnc3)[nH]c2c1. The monoisotopic (exact) mass is 482 g/mol. The Morgan fingerprint density at radius 3 is 2.69 bits per heavy atom. The summed E-state index contributed by atoms with van der Waals surface area (Å²) >= 11 is 0. The second-order valence-corrected chi connectivity index (χ2v) is 9.26. The Balaban J connectivity index is 1.55. The zero-order valence-electron chi connectivity index (χ0n) is 20.2. The molecule has 0 radical (unpaired) electrons. The van der Waals surface area contributed by atoms with Crippen molar-refractivity contribution in [2.24, 2.45) is 0 Å². The van der Waals surface area contributed by atoms with Crippen LogP contribution in [0.4, 0.5) is 10.5 Å². The summed E-state index contributed by atoms with van der Waals surface area (Å²) in [5.41, 5.74) is 3.35.